The van der Waals surface area contributed by atoms with Gasteiger partial charge in [-0.3, -0.25) is 0 Å². The van der Waals surface area contributed by atoms with Crippen molar-refractivity contribution in [1.29, 1.82) is 0 Å². The first-order valence-corrected chi connectivity index (χ1v) is 6.43. The number of cyclic esters (lactones) is 1. The second-order valence-electron chi connectivity index (χ2n) is 3.97. The lowest BCUT2D eigenvalue weighted by Crippen LogP contribution is -2.38. The van der Waals surface area contributed by atoms with Crippen LogP contribution >= 0.6 is 0 Å². The highest BCUT2D eigenvalue weighted by molar-refractivity contribution is 5.83. The highest BCUT2D eigenvalue weighted by Crippen LogP contribution is 2.18. The standard InChI is InChI=1S/C12H13NO5.C2H6/c1-17-11(15)10-9(13-12(16)18-10)6-7-3-2-4-8(14)5-7;1-2/h2-5,9-10,14H,6H2,1H3,(H,13,16);1-2H3. The van der Waals surface area contributed by atoms with Gasteiger partial charge in [0.15, 0.2) is 0 Å². The van der Waals surface area contributed by atoms with Crippen molar-refractivity contribution in [3.05, 3.63) is 29.8 Å². The topological polar surface area (TPSA) is 84.9 Å². The number of ether oxygens (including phenoxy) is 2. The van der Waals surface area contributed by atoms with E-state index < -0.39 is 24.2 Å². The van der Waals surface area contributed by atoms with Crippen molar-refractivity contribution in [2.45, 2.75) is 32.4 Å². The van der Waals surface area contributed by atoms with Gasteiger partial charge >= 0.3 is 12.1 Å². The van der Waals surface area contributed by atoms with Crippen LogP contribution in [0.5, 0.6) is 5.75 Å². The third-order valence-corrected chi connectivity index (χ3v) is 2.70. The lowest BCUT2D eigenvalue weighted by atomic mass is 10.0. The van der Waals surface area contributed by atoms with E-state index in [9.17, 15) is 14.7 Å². The van der Waals surface area contributed by atoms with Gasteiger partial charge in [0.05, 0.1) is 13.2 Å². The minimum atomic E-state index is -0.954. The molecule has 0 spiro atoms. The van der Waals surface area contributed by atoms with Gasteiger partial charge in [0.2, 0.25) is 6.10 Å². The van der Waals surface area contributed by atoms with E-state index in [4.69, 9.17) is 4.74 Å². The number of amides is 1. The number of benzene rings is 1. The number of methoxy groups -OCH3 is 1. The molecule has 1 aliphatic rings. The summed E-state index contributed by atoms with van der Waals surface area (Å²) in [7, 11) is 1.24. The summed E-state index contributed by atoms with van der Waals surface area (Å²) >= 11 is 0. The number of hydrogen-bond acceptors (Lipinski definition) is 5. The second-order valence-corrected chi connectivity index (χ2v) is 3.97. The summed E-state index contributed by atoms with van der Waals surface area (Å²) in [6.45, 7) is 4.00. The van der Waals surface area contributed by atoms with Crippen LogP contribution in [-0.4, -0.2) is 36.4 Å². The minimum Gasteiger partial charge on any atom is -0.508 e. The van der Waals surface area contributed by atoms with Crippen molar-refractivity contribution in [3.63, 3.8) is 0 Å². The molecule has 0 saturated carbocycles. The van der Waals surface area contributed by atoms with Crippen LogP contribution in [0.1, 0.15) is 19.4 Å². The van der Waals surface area contributed by atoms with E-state index in [0.29, 0.717) is 6.42 Å². The van der Waals surface area contributed by atoms with E-state index in [2.05, 4.69) is 10.1 Å². The molecule has 1 amide bonds. The molecular formula is C14H19NO5. The number of nitrogens with one attached hydrogen (secondary N) is 1. The number of carbonyl (C=O) groups excluding carboxylic acids is 2. The molecular weight excluding hydrogens is 262 g/mol. The maximum Gasteiger partial charge on any atom is 0.408 e. The Morgan fingerprint density at radius 1 is 1.45 bits per heavy atom. The van der Waals surface area contributed by atoms with E-state index in [1.54, 1.807) is 24.3 Å². The minimum absolute atomic E-state index is 0.132. The molecule has 2 rings (SSSR count). The van der Waals surface area contributed by atoms with Crippen molar-refractivity contribution < 1.29 is 24.2 Å². The molecule has 6 heteroatoms. The Hall–Kier alpha value is -2.24. The first kappa shape index (κ1) is 15.8. The van der Waals surface area contributed by atoms with Crippen LogP contribution in [0.15, 0.2) is 24.3 Å². The number of aromatic hydroxyl groups is 1. The lowest BCUT2D eigenvalue weighted by Gasteiger charge is -2.14. The lowest BCUT2D eigenvalue weighted by molar-refractivity contribution is -0.149. The molecule has 0 aromatic heterocycles. The number of carbonyl (C=O) groups is 2. The molecule has 1 saturated heterocycles. The molecule has 1 fully saturated rings. The first-order valence-electron chi connectivity index (χ1n) is 6.43. The predicted molar refractivity (Wildman–Crippen MR) is 72.4 cm³/mol. The van der Waals surface area contributed by atoms with Crippen molar-refractivity contribution in [2.75, 3.05) is 7.11 Å². The smallest absolute Gasteiger partial charge is 0.408 e. The third-order valence-electron chi connectivity index (χ3n) is 2.70. The van der Waals surface area contributed by atoms with Gasteiger partial charge in [0, 0.05) is 0 Å². The van der Waals surface area contributed by atoms with Crippen molar-refractivity contribution in [3.8, 4) is 5.75 Å². The molecule has 2 N–H and O–H groups in total. The molecule has 2 atom stereocenters. The average Bonchev–Trinajstić information content (AvgIpc) is 2.81. The summed E-state index contributed by atoms with van der Waals surface area (Å²) < 4.78 is 9.41. The molecule has 1 aromatic carbocycles. The SMILES string of the molecule is CC.COC(=O)C1OC(=O)NC1Cc1cccc(O)c1. The van der Waals surface area contributed by atoms with E-state index in [1.165, 1.54) is 7.11 Å². The van der Waals surface area contributed by atoms with Gasteiger partial charge in [-0.1, -0.05) is 26.0 Å². The Kier molecular flexibility index (Phi) is 5.83. The van der Waals surface area contributed by atoms with Crippen LogP contribution < -0.4 is 5.32 Å². The molecule has 6 nitrogen and oxygen atoms in total. The Morgan fingerprint density at radius 2 is 2.15 bits per heavy atom. The molecule has 110 valence electrons. The first-order chi connectivity index (χ1) is 9.60. The van der Waals surface area contributed by atoms with Gasteiger partial charge in [0.1, 0.15) is 5.75 Å². The molecule has 0 radical (unpaired) electrons. The van der Waals surface area contributed by atoms with Crippen molar-refractivity contribution in [2.24, 2.45) is 0 Å². The fourth-order valence-corrected chi connectivity index (χ4v) is 1.88. The highest BCUT2D eigenvalue weighted by Gasteiger charge is 2.40. The Labute approximate surface area is 117 Å². The number of rotatable bonds is 3. The fraction of sp³-hybridized carbons (Fsp3) is 0.429. The molecule has 0 bridgehead atoms. The molecule has 1 aliphatic heterocycles. The molecule has 1 aromatic rings. The fourth-order valence-electron chi connectivity index (χ4n) is 1.88. The van der Waals surface area contributed by atoms with Crippen LogP contribution in [0.4, 0.5) is 4.79 Å². The summed E-state index contributed by atoms with van der Waals surface area (Å²) in [5.74, 6) is -0.467. The molecule has 0 aliphatic carbocycles. The Balaban J connectivity index is 0.000000956. The van der Waals surface area contributed by atoms with Gasteiger partial charge in [-0.2, -0.15) is 0 Å². The maximum atomic E-state index is 11.4. The van der Waals surface area contributed by atoms with E-state index in [-0.39, 0.29) is 5.75 Å². The van der Waals surface area contributed by atoms with Gasteiger partial charge in [0.25, 0.3) is 0 Å². The number of hydrogen-bond donors (Lipinski definition) is 2. The maximum absolute atomic E-state index is 11.4. The quantitative estimate of drug-likeness (QED) is 0.822. The van der Waals surface area contributed by atoms with Crippen molar-refractivity contribution >= 4 is 12.1 Å². The number of esters is 1. The highest BCUT2D eigenvalue weighted by atomic mass is 16.6. The number of phenols is 1. The van der Waals surface area contributed by atoms with Gasteiger partial charge in [-0.15, -0.1) is 0 Å². The normalized spacial score (nSPS) is 20.2. The number of alkyl carbamates (subject to hydrolysis) is 1. The van der Waals surface area contributed by atoms with E-state index in [1.807, 2.05) is 13.8 Å². The summed E-state index contributed by atoms with van der Waals surface area (Å²) in [6, 6.07) is 6.10. The van der Waals surface area contributed by atoms with E-state index >= 15 is 0 Å². The summed E-state index contributed by atoms with van der Waals surface area (Å²) in [5, 5.41) is 11.9. The molecule has 20 heavy (non-hydrogen) atoms. The zero-order valence-electron chi connectivity index (χ0n) is 11.8. The van der Waals surface area contributed by atoms with Crippen LogP contribution in [0.3, 0.4) is 0 Å². The van der Waals surface area contributed by atoms with Crippen LogP contribution in [0.25, 0.3) is 0 Å². The second kappa shape index (κ2) is 7.37. The monoisotopic (exact) mass is 281 g/mol. The zero-order chi connectivity index (χ0) is 15.1. The third kappa shape index (κ3) is 3.88. The Bertz CT molecular complexity index is 474. The summed E-state index contributed by atoms with van der Waals surface area (Å²) in [6.07, 6.45) is -1.22. The molecule has 1 heterocycles. The summed E-state index contributed by atoms with van der Waals surface area (Å²) in [5.41, 5.74) is 0.791. The number of phenolic OH excluding ortho intramolecular Hbond substituents is 1. The van der Waals surface area contributed by atoms with Gasteiger partial charge in [-0.25, -0.2) is 9.59 Å². The predicted octanol–water partition coefficient (Wildman–Crippen LogP) is 1.61. The zero-order valence-corrected chi connectivity index (χ0v) is 11.8. The Morgan fingerprint density at radius 3 is 2.75 bits per heavy atom. The van der Waals surface area contributed by atoms with Crippen LogP contribution in [0.2, 0.25) is 0 Å². The van der Waals surface area contributed by atoms with Gasteiger partial charge < -0.3 is 19.9 Å². The van der Waals surface area contributed by atoms with Crippen LogP contribution in [0, 0.1) is 0 Å². The van der Waals surface area contributed by atoms with Gasteiger partial charge in [-0.05, 0) is 24.1 Å². The van der Waals surface area contributed by atoms with Crippen molar-refractivity contribution in [1.82, 2.24) is 5.32 Å². The average molecular weight is 281 g/mol. The van der Waals surface area contributed by atoms with E-state index in [0.717, 1.165) is 5.56 Å². The van der Waals surface area contributed by atoms with Crippen LogP contribution in [-0.2, 0) is 20.7 Å². The largest absolute Gasteiger partial charge is 0.508 e. The molecule has 2 unspecified atom stereocenters. The summed E-state index contributed by atoms with van der Waals surface area (Å²) in [4.78, 5) is 22.6.